The zero-order valence-electron chi connectivity index (χ0n) is 7.30. The monoisotopic (exact) mass is 190 g/mol. The first-order chi connectivity index (χ1) is 5.86. The third kappa shape index (κ3) is 3.97. The largest absolute Gasteiger partial charge is 0.480 e. The van der Waals surface area contributed by atoms with Crippen LogP contribution in [0.5, 0.6) is 0 Å². The van der Waals surface area contributed by atoms with Crippen molar-refractivity contribution in [1.29, 1.82) is 0 Å². The van der Waals surface area contributed by atoms with E-state index in [1.807, 2.05) is 0 Å². The summed E-state index contributed by atoms with van der Waals surface area (Å²) in [5.74, 6) is -1.81. The predicted molar refractivity (Wildman–Crippen MR) is 44.9 cm³/mol. The Morgan fingerprint density at radius 1 is 1.38 bits per heavy atom. The summed E-state index contributed by atoms with van der Waals surface area (Å²) < 4.78 is 0. The van der Waals surface area contributed by atoms with Crippen molar-refractivity contribution in [2.75, 3.05) is 0 Å². The highest BCUT2D eigenvalue weighted by Crippen LogP contribution is 1.98. The van der Waals surface area contributed by atoms with Crippen molar-refractivity contribution >= 4 is 11.8 Å². The molecule has 0 aromatic heterocycles. The topological polar surface area (TPSA) is 127 Å². The molecule has 0 saturated carbocycles. The zero-order valence-corrected chi connectivity index (χ0v) is 7.30. The van der Waals surface area contributed by atoms with Crippen LogP contribution in [0.1, 0.15) is 13.3 Å². The number of aliphatic hydroxyl groups excluding tert-OH is 1. The van der Waals surface area contributed by atoms with Crippen LogP contribution in [0, 0.1) is 0 Å². The third-order valence-electron chi connectivity index (χ3n) is 1.63. The van der Waals surface area contributed by atoms with Crippen LogP contribution in [0.4, 0.5) is 0 Å². The number of carboxylic acids is 1. The summed E-state index contributed by atoms with van der Waals surface area (Å²) in [7, 11) is 0. The highest BCUT2D eigenvalue weighted by Gasteiger charge is 2.23. The second-order valence-electron chi connectivity index (χ2n) is 2.88. The van der Waals surface area contributed by atoms with Gasteiger partial charge in [0.2, 0.25) is 0 Å². The van der Waals surface area contributed by atoms with Crippen LogP contribution in [-0.4, -0.2) is 40.2 Å². The van der Waals surface area contributed by atoms with Crippen LogP contribution in [0.2, 0.25) is 0 Å². The van der Waals surface area contributed by atoms with Gasteiger partial charge in [-0.3, -0.25) is 9.59 Å². The molecule has 13 heavy (non-hydrogen) atoms. The maximum atomic E-state index is 11.1. The van der Waals surface area contributed by atoms with E-state index in [4.69, 9.17) is 21.7 Å². The minimum absolute atomic E-state index is 0.360. The fraction of sp³-hybridized carbons (Fsp3) is 0.714. The summed E-state index contributed by atoms with van der Waals surface area (Å²) in [4.78, 5) is 21.3. The van der Waals surface area contributed by atoms with Gasteiger partial charge in [-0.25, -0.2) is 0 Å². The number of aliphatic carboxylic acids is 1. The van der Waals surface area contributed by atoms with Crippen LogP contribution in [-0.2, 0) is 9.59 Å². The van der Waals surface area contributed by atoms with E-state index in [1.165, 1.54) is 6.92 Å². The molecule has 0 radical (unpaired) electrons. The summed E-state index contributed by atoms with van der Waals surface area (Å²) in [6.07, 6.45) is -1.35. The molecule has 0 spiro atoms. The van der Waals surface area contributed by atoms with E-state index in [9.17, 15) is 9.59 Å². The van der Waals surface area contributed by atoms with Crippen LogP contribution in [0.3, 0.4) is 0 Å². The van der Waals surface area contributed by atoms with Crippen molar-refractivity contribution in [3.8, 4) is 0 Å². The molecule has 0 amide bonds. The smallest absolute Gasteiger partial charge is 0.320 e. The molecule has 0 aromatic carbocycles. The van der Waals surface area contributed by atoms with Crippen molar-refractivity contribution in [2.24, 2.45) is 11.5 Å². The molecule has 0 aromatic rings. The zero-order chi connectivity index (χ0) is 10.6. The Bertz CT molecular complexity index is 205. The van der Waals surface area contributed by atoms with Gasteiger partial charge < -0.3 is 21.7 Å². The Kier molecular flexibility index (Phi) is 4.53. The average molecular weight is 190 g/mol. The summed E-state index contributed by atoms with van der Waals surface area (Å²) in [6.45, 7) is 1.36. The van der Waals surface area contributed by atoms with Crippen molar-refractivity contribution in [3.05, 3.63) is 0 Å². The molecule has 0 aliphatic carbocycles. The number of hydrogen-bond donors (Lipinski definition) is 4. The van der Waals surface area contributed by atoms with Crippen molar-refractivity contribution < 1.29 is 19.8 Å². The molecule has 0 bridgehead atoms. The molecular formula is C7H14N2O4. The molecule has 0 heterocycles. The number of carboxylic acid groups (broad SMARTS) is 1. The van der Waals surface area contributed by atoms with Crippen molar-refractivity contribution in [3.63, 3.8) is 0 Å². The highest BCUT2D eigenvalue weighted by atomic mass is 16.4. The lowest BCUT2D eigenvalue weighted by molar-refractivity contribution is -0.140. The van der Waals surface area contributed by atoms with Gasteiger partial charge >= 0.3 is 5.97 Å². The summed E-state index contributed by atoms with van der Waals surface area (Å²) >= 11 is 0. The Hall–Kier alpha value is -0.980. The van der Waals surface area contributed by atoms with Crippen molar-refractivity contribution in [1.82, 2.24) is 0 Å². The first kappa shape index (κ1) is 12.0. The predicted octanol–water partition coefficient (Wildman–Crippen LogP) is -1.93. The Morgan fingerprint density at radius 2 is 1.85 bits per heavy atom. The maximum absolute atomic E-state index is 11.1. The molecule has 3 atom stereocenters. The lowest BCUT2D eigenvalue weighted by atomic mass is 10.0. The molecule has 6 heteroatoms. The second kappa shape index (κ2) is 4.90. The molecule has 0 saturated heterocycles. The third-order valence-corrected chi connectivity index (χ3v) is 1.63. The summed E-state index contributed by atoms with van der Waals surface area (Å²) in [6, 6.07) is -2.32. The van der Waals surface area contributed by atoms with Crippen LogP contribution < -0.4 is 11.5 Å². The van der Waals surface area contributed by atoms with Gasteiger partial charge in [-0.05, 0) is 6.92 Å². The number of nitrogens with two attached hydrogens (primary N) is 2. The molecule has 76 valence electrons. The molecule has 6 nitrogen and oxygen atoms in total. The van der Waals surface area contributed by atoms with Gasteiger partial charge in [0.25, 0.3) is 0 Å². The molecule has 0 rings (SSSR count). The van der Waals surface area contributed by atoms with E-state index in [1.54, 1.807) is 0 Å². The normalized spacial score (nSPS) is 17.5. The van der Waals surface area contributed by atoms with Gasteiger partial charge in [0, 0.05) is 6.42 Å². The molecule has 2 unspecified atom stereocenters. The first-order valence-electron chi connectivity index (χ1n) is 3.81. The fourth-order valence-electron chi connectivity index (χ4n) is 0.709. The van der Waals surface area contributed by atoms with Gasteiger partial charge in [-0.15, -0.1) is 0 Å². The van der Waals surface area contributed by atoms with Gasteiger partial charge in [-0.1, -0.05) is 0 Å². The van der Waals surface area contributed by atoms with Gasteiger partial charge in [0.1, 0.15) is 6.04 Å². The van der Waals surface area contributed by atoms with Crippen LogP contribution >= 0.6 is 0 Å². The number of rotatable bonds is 5. The Balaban J connectivity index is 4.08. The Morgan fingerprint density at radius 3 is 2.15 bits per heavy atom. The molecule has 0 aliphatic rings. The van der Waals surface area contributed by atoms with E-state index in [2.05, 4.69) is 0 Å². The minimum Gasteiger partial charge on any atom is -0.480 e. The maximum Gasteiger partial charge on any atom is 0.320 e. The molecule has 6 N–H and O–H groups in total. The summed E-state index contributed by atoms with van der Waals surface area (Å²) in [5.41, 5.74) is 10.4. The highest BCUT2D eigenvalue weighted by molar-refractivity contribution is 5.89. The van der Waals surface area contributed by atoms with E-state index >= 15 is 0 Å². The van der Waals surface area contributed by atoms with Crippen molar-refractivity contribution in [2.45, 2.75) is 31.5 Å². The average Bonchev–Trinajstić information content (AvgIpc) is 2.02. The lowest BCUT2D eigenvalue weighted by Gasteiger charge is -2.14. The summed E-state index contributed by atoms with van der Waals surface area (Å²) in [5, 5.41) is 17.3. The number of hydrogen-bond acceptors (Lipinski definition) is 5. The van der Waals surface area contributed by atoms with Gasteiger partial charge in [-0.2, -0.15) is 0 Å². The van der Waals surface area contributed by atoms with Gasteiger partial charge in [0.05, 0.1) is 12.1 Å². The second-order valence-corrected chi connectivity index (χ2v) is 2.88. The molecule has 0 fully saturated rings. The van der Waals surface area contributed by atoms with Gasteiger partial charge in [0.15, 0.2) is 5.78 Å². The number of carbonyl (C=O) groups is 2. The lowest BCUT2D eigenvalue weighted by Crippen LogP contribution is -2.44. The molecular weight excluding hydrogens is 176 g/mol. The number of carbonyl (C=O) groups excluding carboxylic acids is 1. The van der Waals surface area contributed by atoms with Crippen LogP contribution in [0.25, 0.3) is 0 Å². The van der Waals surface area contributed by atoms with E-state index in [0.29, 0.717) is 0 Å². The SMILES string of the molecule is CC(O)C(N)C(=O)C[C@H](N)C(=O)O. The van der Waals surface area contributed by atoms with E-state index in [0.717, 1.165) is 0 Å². The van der Waals surface area contributed by atoms with E-state index < -0.39 is 29.9 Å². The first-order valence-corrected chi connectivity index (χ1v) is 3.81. The number of ketones is 1. The standard InChI is InChI=1S/C7H14N2O4/c1-3(10)6(9)5(11)2-4(8)7(12)13/h3-4,6,10H,2,8-9H2,1H3,(H,12,13)/t3?,4-,6?/m0/s1. The fourth-order valence-corrected chi connectivity index (χ4v) is 0.709. The molecule has 0 aliphatic heterocycles. The van der Waals surface area contributed by atoms with E-state index in [-0.39, 0.29) is 6.42 Å². The van der Waals surface area contributed by atoms with Crippen LogP contribution in [0.15, 0.2) is 0 Å². The quantitative estimate of drug-likeness (QED) is 0.399. The minimum atomic E-state index is -1.26. The number of Topliss-reactive ketones (excluding diaryl/α,β-unsaturated/α-hetero) is 1. The Labute approximate surface area is 75.5 Å². The number of aliphatic hydroxyl groups is 1.